The van der Waals surface area contributed by atoms with Gasteiger partial charge < -0.3 is 10.3 Å². The number of benzene rings is 1. The molecule has 1 heterocycles. The van der Waals surface area contributed by atoms with E-state index in [4.69, 9.17) is 5.73 Å². The summed E-state index contributed by atoms with van der Waals surface area (Å²) in [5, 5.41) is 0. The van der Waals surface area contributed by atoms with Gasteiger partial charge in [0.2, 0.25) is 0 Å². The van der Waals surface area contributed by atoms with Crippen molar-refractivity contribution in [2.24, 2.45) is 0 Å². The second-order valence-electron chi connectivity index (χ2n) is 5.08. The van der Waals surface area contributed by atoms with E-state index in [-0.39, 0.29) is 11.6 Å². The standard InChI is InChI=1S/C15H19F2N3/c1-4-6-12-19-14(15(18)20(12)9(2)3)10-7-5-8-11(16)13(10)17/h5,7-9H,4,6,18H2,1-3H3. The van der Waals surface area contributed by atoms with Crippen molar-refractivity contribution in [2.45, 2.75) is 39.7 Å². The molecule has 5 heteroatoms. The van der Waals surface area contributed by atoms with Crippen LogP contribution in [0, 0.1) is 11.6 Å². The normalized spacial score (nSPS) is 11.3. The summed E-state index contributed by atoms with van der Waals surface area (Å²) in [7, 11) is 0. The Morgan fingerprint density at radius 3 is 2.60 bits per heavy atom. The van der Waals surface area contributed by atoms with Crippen molar-refractivity contribution < 1.29 is 8.78 Å². The lowest BCUT2D eigenvalue weighted by atomic mass is 10.1. The van der Waals surface area contributed by atoms with E-state index in [0.29, 0.717) is 11.5 Å². The molecule has 2 rings (SSSR count). The molecule has 3 nitrogen and oxygen atoms in total. The van der Waals surface area contributed by atoms with E-state index in [1.54, 1.807) is 0 Å². The lowest BCUT2D eigenvalue weighted by molar-refractivity contribution is 0.511. The van der Waals surface area contributed by atoms with Gasteiger partial charge in [0.1, 0.15) is 17.3 Å². The molecule has 0 atom stereocenters. The molecule has 0 amide bonds. The first-order valence-corrected chi connectivity index (χ1v) is 6.78. The minimum absolute atomic E-state index is 0.110. The van der Waals surface area contributed by atoms with Crippen LogP contribution in [-0.4, -0.2) is 9.55 Å². The molecule has 0 aliphatic heterocycles. The third kappa shape index (κ3) is 2.40. The summed E-state index contributed by atoms with van der Waals surface area (Å²) in [5.41, 5.74) is 6.53. The highest BCUT2D eigenvalue weighted by Crippen LogP contribution is 2.31. The number of imidazole rings is 1. The van der Waals surface area contributed by atoms with Crippen molar-refractivity contribution in [1.29, 1.82) is 0 Å². The summed E-state index contributed by atoms with van der Waals surface area (Å²) in [6.45, 7) is 6.02. The van der Waals surface area contributed by atoms with Gasteiger partial charge in [-0.15, -0.1) is 0 Å². The molecular formula is C15H19F2N3. The van der Waals surface area contributed by atoms with Crippen LogP contribution in [-0.2, 0) is 6.42 Å². The number of aryl methyl sites for hydroxylation is 1. The van der Waals surface area contributed by atoms with Crippen molar-refractivity contribution in [1.82, 2.24) is 9.55 Å². The second kappa shape index (κ2) is 5.61. The van der Waals surface area contributed by atoms with Crippen LogP contribution >= 0.6 is 0 Å². The van der Waals surface area contributed by atoms with Gasteiger partial charge in [-0.1, -0.05) is 13.0 Å². The number of aromatic nitrogens is 2. The first-order valence-electron chi connectivity index (χ1n) is 6.78. The van der Waals surface area contributed by atoms with E-state index >= 15 is 0 Å². The third-order valence-electron chi connectivity index (χ3n) is 3.22. The van der Waals surface area contributed by atoms with E-state index < -0.39 is 11.6 Å². The molecule has 108 valence electrons. The highest BCUT2D eigenvalue weighted by atomic mass is 19.2. The molecule has 2 N–H and O–H groups in total. The molecular weight excluding hydrogens is 260 g/mol. The molecule has 0 unspecified atom stereocenters. The Morgan fingerprint density at radius 2 is 2.00 bits per heavy atom. The number of nitrogen functional groups attached to an aromatic ring is 1. The number of nitrogens with zero attached hydrogens (tertiary/aromatic N) is 2. The number of anilines is 1. The summed E-state index contributed by atoms with van der Waals surface area (Å²) in [6.07, 6.45) is 1.66. The number of halogens is 2. The van der Waals surface area contributed by atoms with Crippen LogP contribution in [0.2, 0.25) is 0 Å². The number of hydrogen-bond acceptors (Lipinski definition) is 2. The zero-order valence-electron chi connectivity index (χ0n) is 12.0. The first kappa shape index (κ1) is 14.5. The molecule has 20 heavy (non-hydrogen) atoms. The van der Waals surface area contributed by atoms with E-state index in [1.165, 1.54) is 12.1 Å². The third-order valence-corrected chi connectivity index (χ3v) is 3.22. The SMILES string of the molecule is CCCc1nc(-c2cccc(F)c2F)c(N)n1C(C)C. The van der Waals surface area contributed by atoms with Crippen molar-refractivity contribution in [3.8, 4) is 11.3 Å². The maximum atomic E-state index is 13.9. The summed E-state index contributed by atoms with van der Waals surface area (Å²) in [5.74, 6) is -0.611. The molecule has 0 fully saturated rings. The number of hydrogen-bond donors (Lipinski definition) is 1. The average molecular weight is 279 g/mol. The quantitative estimate of drug-likeness (QED) is 0.921. The van der Waals surface area contributed by atoms with Gasteiger partial charge in [0, 0.05) is 18.0 Å². The molecule has 2 aromatic rings. The molecule has 0 bridgehead atoms. The van der Waals surface area contributed by atoms with Gasteiger partial charge in [-0.2, -0.15) is 0 Å². The predicted octanol–water partition coefficient (Wildman–Crippen LogP) is 3.94. The van der Waals surface area contributed by atoms with E-state index in [2.05, 4.69) is 4.98 Å². The largest absolute Gasteiger partial charge is 0.383 e. The lowest BCUT2D eigenvalue weighted by Gasteiger charge is -2.13. The zero-order valence-corrected chi connectivity index (χ0v) is 12.0. The molecule has 0 aliphatic carbocycles. The van der Waals surface area contributed by atoms with Crippen LogP contribution in [0.15, 0.2) is 18.2 Å². The summed E-state index contributed by atoms with van der Waals surface area (Å²) < 4.78 is 29.2. The topological polar surface area (TPSA) is 43.8 Å². The summed E-state index contributed by atoms with van der Waals surface area (Å²) >= 11 is 0. The number of rotatable bonds is 4. The van der Waals surface area contributed by atoms with Crippen molar-refractivity contribution in [3.63, 3.8) is 0 Å². The molecule has 0 saturated heterocycles. The van der Waals surface area contributed by atoms with Crippen LogP contribution < -0.4 is 5.73 Å². The Balaban J connectivity index is 2.63. The highest BCUT2D eigenvalue weighted by Gasteiger charge is 2.21. The smallest absolute Gasteiger partial charge is 0.168 e. The van der Waals surface area contributed by atoms with Gasteiger partial charge in [-0.05, 0) is 32.4 Å². The van der Waals surface area contributed by atoms with Gasteiger partial charge in [0.15, 0.2) is 11.6 Å². The first-order chi connectivity index (χ1) is 9.47. The monoisotopic (exact) mass is 279 g/mol. The molecule has 0 aliphatic rings. The van der Waals surface area contributed by atoms with Crippen LogP contribution in [0.4, 0.5) is 14.6 Å². The Labute approximate surface area is 117 Å². The van der Waals surface area contributed by atoms with Crippen LogP contribution in [0.3, 0.4) is 0 Å². The molecule has 1 aromatic heterocycles. The van der Waals surface area contributed by atoms with Gasteiger partial charge in [-0.3, -0.25) is 0 Å². The van der Waals surface area contributed by atoms with E-state index in [1.807, 2.05) is 25.3 Å². The molecule has 0 saturated carbocycles. The fourth-order valence-electron chi connectivity index (χ4n) is 2.35. The Kier molecular flexibility index (Phi) is 4.06. The summed E-state index contributed by atoms with van der Waals surface area (Å²) in [6, 6.07) is 4.16. The van der Waals surface area contributed by atoms with Gasteiger partial charge >= 0.3 is 0 Å². The van der Waals surface area contributed by atoms with Crippen LogP contribution in [0.5, 0.6) is 0 Å². The van der Waals surface area contributed by atoms with Gasteiger partial charge in [-0.25, -0.2) is 13.8 Å². The minimum Gasteiger partial charge on any atom is -0.383 e. The Hall–Kier alpha value is -1.91. The van der Waals surface area contributed by atoms with Crippen LogP contribution in [0.25, 0.3) is 11.3 Å². The molecule has 0 radical (unpaired) electrons. The fourth-order valence-corrected chi connectivity index (χ4v) is 2.35. The highest BCUT2D eigenvalue weighted by molar-refractivity contribution is 5.71. The Bertz CT molecular complexity index is 618. The van der Waals surface area contributed by atoms with Crippen molar-refractivity contribution >= 4 is 5.82 Å². The fraction of sp³-hybridized carbons (Fsp3) is 0.400. The predicted molar refractivity (Wildman–Crippen MR) is 76.4 cm³/mol. The molecule has 1 aromatic carbocycles. The minimum atomic E-state index is -0.907. The summed E-state index contributed by atoms with van der Waals surface area (Å²) in [4.78, 5) is 4.42. The van der Waals surface area contributed by atoms with E-state index in [0.717, 1.165) is 24.7 Å². The number of nitrogens with two attached hydrogens (primary N) is 1. The van der Waals surface area contributed by atoms with Crippen molar-refractivity contribution in [2.75, 3.05) is 5.73 Å². The van der Waals surface area contributed by atoms with Crippen molar-refractivity contribution in [3.05, 3.63) is 35.7 Å². The van der Waals surface area contributed by atoms with Crippen LogP contribution in [0.1, 0.15) is 39.1 Å². The second-order valence-corrected chi connectivity index (χ2v) is 5.08. The van der Waals surface area contributed by atoms with Gasteiger partial charge in [0.25, 0.3) is 0 Å². The lowest BCUT2D eigenvalue weighted by Crippen LogP contribution is -2.09. The maximum absolute atomic E-state index is 13.9. The van der Waals surface area contributed by atoms with Gasteiger partial charge in [0.05, 0.1) is 0 Å². The zero-order chi connectivity index (χ0) is 14.9. The average Bonchev–Trinajstić information content (AvgIpc) is 2.70. The molecule has 0 spiro atoms. The Morgan fingerprint density at radius 1 is 1.30 bits per heavy atom. The maximum Gasteiger partial charge on any atom is 0.168 e. The van der Waals surface area contributed by atoms with E-state index in [9.17, 15) is 8.78 Å².